The number of carbonyl (C=O) groups excluding carboxylic acids is 1. The largest absolute Gasteiger partial charge is 0.345 e. The number of hydrogen-bond acceptors (Lipinski definition) is 3. The number of pyridine rings is 1. The van der Waals surface area contributed by atoms with E-state index in [1.165, 1.54) is 11.1 Å². The minimum Gasteiger partial charge on any atom is -0.345 e. The maximum Gasteiger partial charge on any atom is 0.256 e. The molecule has 25 heavy (non-hydrogen) atoms. The molecule has 1 aromatic carbocycles. The molecule has 2 aromatic heterocycles. The topological polar surface area (TPSA) is 61.0 Å². The van der Waals surface area contributed by atoms with Gasteiger partial charge in [-0.25, -0.2) is 4.98 Å². The number of amides is 1. The van der Waals surface area contributed by atoms with Crippen LogP contribution in [0.5, 0.6) is 0 Å². The first-order chi connectivity index (χ1) is 12.3. The van der Waals surface area contributed by atoms with Crippen LogP contribution in [-0.2, 0) is 6.42 Å². The molecule has 0 aliphatic carbocycles. The minimum atomic E-state index is 0.0498. The highest BCUT2D eigenvalue weighted by Crippen LogP contribution is 2.27. The summed E-state index contributed by atoms with van der Waals surface area (Å²) >= 11 is 0. The molecule has 0 saturated carbocycles. The lowest BCUT2D eigenvalue weighted by molar-refractivity contribution is 0.0636. The summed E-state index contributed by atoms with van der Waals surface area (Å²) in [5.74, 6) is 0.0605. The molecule has 5 nitrogen and oxygen atoms in total. The predicted octanol–water partition coefficient (Wildman–Crippen LogP) is 2.91. The standard InChI is InChI=1S/C20H22N4O/c1-2-14-5-7-15(8-6-14)18-13-21-10-11-24(18)20(25)17-12-23-19-16(17)4-3-9-22-19/h3-9,12,18,21H,2,10-11,13H2,1H3,(H,22,23). The van der Waals surface area contributed by atoms with E-state index in [2.05, 4.69) is 46.5 Å². The van der Waals surface area contributed by atoms with E-state index in [1.807, 2.05) is 17.0 Å². The van der Waals surface area contributed by atoms with Crippen molar-refractivity contribution >= 4 is 16.9 Å². The Morgan fingerprint density at radius 1 is 1.28 bits per heavy atom. The molecule has 1 fully saturated rings. The predicted molar refractivity (Wildman–Crippen MR) is 98.6 cm³/mol. The van der Waals surface area contributed by atoms with Crippen molar-refractivity contribution in [2.24, 2.45) is 0 Å². The lowest BCUT2D eigenvalue weighted by Crippen LogP contribution is -2.48. The number of aromatic amines is 1. The van der Waals surface area contributed by atoms with E-state index in [4.69, 9.17) is 0 Å². The number of aromatic nitrogens is 2. The summed E-state index contributed by atoms with van der Waals surface area (Å²) in [6, 6.07) is 12.5. The molecule has 1 amide bonds. The van der Waals surface area contributed by atoms with Crippen LogP contribution in [0.15, 0.2) is 48.8 Å². The Hall–Kier alpha value is -2.66. The second kappa shape index (κ2) is 6.69. The summed E-state index contributed by atoms with van der Waals surface area (Å²) in [7, 11) is 0. The van der Waals surface area contributed by atoms with Gasteiger partial charge in [0.2, 0.25) is 0 Å². The van der Waals surface area contributed by atoms with E-state index in [0.717, 1.165) is 30.5 Å². The molecular formula is C20H22N4O. The molecule has 1 unspecified atom stereocenters. The Morgan fingerprint density at radius 2 is 2.12 bits per heavy atom. The fourth-order valence-electron chi connectivity index (χ4n) is 3.51. The number of aryl methyl sites for hydroxylation is 1. The van der Waals surface area contributed by atoms with Crippen LogP contribution in [0.4, 0.5) is 0 Å². The highest BCUT2D eigenvalue weighted by atomic mass is 16.2. The molecule has 5 heteroatoms. The molecule has 1 aliphatic heterocycles. The van der Waals surface area contributed by atoms with Gasteiger partial charge in [0, 0.05) is 37.4 Å². The first kappa shape index (κ1) is 15.8. The van der Waals surface area contributed by atoms with Gasteiger partial charge in [-0.15, -0.1) is 0 Å². The van der Waals surface area contributed by atoms with Gasteiger partial charge >= 0.3 is 0 Å². The maximum atomic E-state index is 13.2. The van der Waals surface area contributed by atoms with Crippen LogP contribution in [0.25, 0.3) is 11.0 Å². The third-order valence-electron chi connectivity index (χ3n) is 4.96. The van der Waals surface area contributed by atoms with Crippen molar-refractivity contribution in [3.8, 4) is 0 Å². The van der Waals surface area contributed by atoms with Gasteiger partial charge < -0.3 is 15.2 Å². The van der Waals surface area contributed by atoms with Crippen LogP contribution in [0.2, 0.25) is 0 Å². The summed E-state index contributed by atoms with van der Waals surface area (Å²) in [6.45, 7) is 4.44. The van der Waals surface area contributed by atoms with Crippen molar-refractivity contribution in [3.05, 3.63) is 65.5 Å². The second-order valence-corrected chi connectivity index (χ2v) is 6.42. The van der Waals surface area contributed by atoms with Gasteiger partial charge in [0.1, 0.15) is 5.65 Å². The van der Waals surface area contributed by atoms with Crippen molar-refractivity contribution < 1.29 is 4.79 Å². The number of fused-ring (bicyclic) bond motifs is 1. The molecule has 0 radical (unpaired) electrons. The molecule has 128 valence electrons. The summed E-state index contributed by atoms with van der Waals surface area (Å²) in [6.07, 6.45) is 4.53. The Balaban J connectivity index is 1.67. The summed E-state index contributed by atoms with van der Waals surface area (Å²) in [4.78, 5) is 22.6. The van der Waals surface area contributed by atoms with Crippen molar-refractivity contribution in [1.29, 1.82) is 0 Å². The Bertz CT molecular complexity index is 884. The van der Waals surface area contributed by atoms with Crippen molar-refractivity contribution in [2.75, 3.05) is 19.6 Å². The average molecular weight is 334 g/mol. The van der Waals surface area contributed by atoms with Gasteiger partial charge in [0.25, 0.3) is 5.91 Å². The monoisotopic (exact) mass is 334 g/mol. The zero-order chi connectivity index (χ0) is 17.2. The van der Waals surface area contributed by atoms with E-state index < -0.39 is 0 Å². The molecule has 4 rings (SSSR count). The maximum absolute atomic E-state index is 13.2. The molecule has 3 heterocycles. The lowest BCUT2D eigenvalue weighted by atomic mass is 10.00. The number of rotatable bonds is 3. The van der Waals surface area contributed by atoms with Crippen LogP contribution < -0.4 is 5.32 Å². The van der Waals surface area contributed by atoms with Crippen LogP contribution in [-0.4, -0.2) is 40.4 Å². The average Bonchev–Trinajstić information content (AvgIpc) is 3.12. The number of hydrogen-bond donors (Lipinski definition) is 2. The third kappa shape index (κ3) is 2.91. The van der Waals surface area contributed by atoms with Crippen molar-refractivity contribution in [2.45, 2.75) is 19.4 Å². The number of benzene rings is 1. The van der Waals surface area contributed by atoms with E-state index >= 15 is 0 Å². The normalized spacial score (nSPS) is 17.8. The van der Waals surface area contributed by atoms with Gasteiger partial charge in [-0.2, -0.15) is 0 Å². The molecular weight excluding hydrogens is 312 g/mol. The van der Waals surface area contributed by atoms with Gasteiger partial charge in [-0.3, -0.25) is 4.79 Å². The first-order valence-corrected chi connectivity index (χ1v) is 8.80. The van der Waals surface area contributed by atoms with E-state index in [-0.39, 0.29) is 11.9 Å². The number of H-pyrrole nitrogens is 1. The smallest absolute Gasteiger partial charge is 0.256 e. The third-order valence-corrected chi connectivity index (χ3v) is 4.96. The van der Waals surface area contributed by atoms with Gasteiger partial charge in [0.05, 0.1) is 11.6 Å². The SMILES string of the molecule is CCc1ccc(C2CNCCN2C(=O)c2c[nH]c3ncccc23)cc1. The summed E-state index contributed by atoms with van der Waals surface area (Å²) < 4.78 is 0. The first-order valence-electron chi connectivity index (χ1n) is 8.80. The Morgan fingerprint density at radius 3 is 2.92 bits per heavy atom. The fraction of sp³-hybridized carbons (Fsp3) is 0.300. The number of nitrogens with zero attached hydrogens (tertiary/aromatic N) is 2. The Labute approximate surface area is 147 Å². The fourth-order valence-corrected chi connectivity index (χ4v) is 3.51. The number of carbonyl (C=O) groups is 1. The van der Waals surface area contributed by atoms with E-state index in [9.17, 15) is 4.79 Å². The molecule has 1 aliphatic rings. The van der Waals surface area contributed by atoms with E-state index in [0.29, 0.717) is 12.1 Å². The molecule has 1 saturated heterocycles. The van der Waals surface area contributed by atoms with Crippen LogP contribution in [0, 0.1) is 0 Å². The zero-order valence-corrected chi connectivity index (χ0v) is 14.3. The number of piperazine rings is 1. The lowest BCUT2D eigenvalue weighted by Gasteiger charge is -2.36. The zero-order valence-electron chi connectivity index (χ0n) is 14.3. The minimum absolute atomic E-state index is 0.0498. The van der Waals surface area contributed by atoms with Gasteiger partial charge in [0.15, 0.2) is 0 Å². The quantitative estimate of drug-likeness (QED) is 0.774. The van der Waals surface area contributed by atoms with Crippen molar-refractivity contribution in [1.82, 2.24) is 20.2 Å². The van der Waals surface area contributed by atoms with Crippen molar-refractivity contribution in [3.63, 3.8) is 0 Å². The highest BCUT2D eigenvalue weighted by molar-refractivity contribution is 6.06. The van der Waals surface area contributed by atoms with E-state index in [1.54, 1.807) is 12.4 Å². The second-order valence-electron chi connectivity index (χ2n) is 6.42. The van der Waals surface area contributed by atoms with Gasteiger partial charge in [-0.1, -0.05) is 31.2 Å². The molecule has 1 atom stereocenters. The number of nitrogens with one attached hydrogen (secondary N) is 2. The molecule has 0 bridgehead atoms. The Kier molecular flexibility index (Phi) is 4.24. The molecule has 3 aromatic rings. The molecule has 0 spiro atoms. The summed E-state index contributed by atoms with van der Waals surface area (Å²) in [5, 5.41) is 4.30. The van der Waals surface area contributed by atoms with Crippen LogP contribution >= 0.6 is 0 Å². The summed E-state index contributed by atoms with van der Waals surface area (Å²) in [5.41, 5.74) is 3.94. The highest BCUT2D eigenvalue weighted by Gasteiger charge is 2.29. The van der Waals surface area contributed by atoms with Crippen LogP contribution in [0.3, 0.4) is 0 Å². The van der Waals surface area contributed by atoms with Crippen LogP contribution in [0.1, 0.15) is 34.5 Å². The molecule has 2 N–H and O–H groups in total. The van der Waals surface area contributed by atoms with Gasteiger partial charge in [-0.05, 0) is 29.7 Å².